The van der Waals surface area contributed by atoms with Crippen LogP contribution in [-0.4, -0.2) is 18.6 Å². The van der Waals surface area contributed by atoms with Gasteiger partial charge in [-0.25, -0.2) is 0 Å². The van der Waals surface area contributed by atoms with Gasteiger partial charge in [0.1, 0.15) is 0 Å². The highest BCUT2D eigenvalue weighted by Crippen LogP contribution is 2.30. The molecular formula is C12H22N2. The van der Waals surface area contributed by atoms with Crippen molar-refractivity contribution in [2.24, 2.45) is 11.7 Å². The number of terminal acetylenes is 1. The van der Waals surface area contributed by atoms with Crippen molar-refractivity contribution >= 4 is 0 Å². The molecule has 0 aromatic heterocycles. The molecule has 0 atom stereocenters. The Labute approximate surface area is 87.6 Å². The van der Waals surface area contributed by atoms with E-state index < -0.39 is 0 Å². The largest absolute Gasteiger partial charge is 0.329 e. The van der Waals surface area contributed by atoms with Crippen LogP contribution in [0, 0.1) is 18.3 Å². The van der Waals surface area contributed by atoms with E-state index in [1.54, 1.807) is 0 Å². The molecule has 0 aromatic rings. The van der Waals surface area contributed by atoms with Crippen LogP contribution in [0.2, 0.25) is 0 Å². The summed E-state index contributed by atoms with van der Waals surface area (Å²) < 4.78 is 0. The van der Waals surface area contributed by atoms with Gasteiger partial charge in [-0.2, -0.15) is 0 Å². The number of rotatable bonds is 4. The zero-order chi connectivity index (χ0) is 10.4. The Bertz CT molecular complexity index is 197. The normalized spacial score (nSPS) is 32.5. The molecular weight excluding hydrogens is 172 g/mol. The topological polar surface area (TPSA) is 38.0 Å². The van der Waals surface area contributed by atoms with Crippen LogP contribution < -0.4 is 11.1 Å². The molecule has 80 valence electrons. The average molecular weight is 194 g/mol. The van der Waals surface area contributed by atoms with E-state index in [1.807, 2.05) is 0 Å². The van der Waals surface area contributed by atoms with Gasteiger partial charge in [-0.3, -0.25) is 0 Å². The summed E-state index contributed by atoms with van der Waals surface area (Å²) in [4.78, 5) is 0. The maximum Gasteiger partial charge on any atom is 0.0304 e. The van der Waals surface area contributed by atoms with Crippen LogP contribution in [0.5, 0.6) is 0 Å². The quantitative estimate of drug-likeness (QED) is 0.526. The molecule has 3 N–H and O–H groups in total. The van der Waals surface area contributed by atoms with Gasteiger partial charge in [-0.1, -0.05) is 6.92 Å². The summed E-state index contributed by atoms with van der Waals surface area (Å²) >= 11 is 0. The molecule has 0 spiro atoms. The van der Waals surface area contributed by atoms with Crippen LogP contribution in [0.25, 0.3) is 0 Å². The smallest absolute Gasteiger partial charge is 0.0304 e. The number of nitrogens with one attached hydrogen (secondary N) is 1. The van der Waals surface area contributed by atoms with Crippen molar-refractivity contribution in [2.45, 2.75) is 44.6 Å². The summed E-state index contributed by atoms with van der Waals surface area (Å²) in [6.45, 7) is 3.97. The van der Waals surface area contributed by atoms with E-state index in [9.17, 15) is 0 Å². The van der Waals surface area contributed by atoms with E-state index in [2.05, 4.69) is 18.2 Å². The van der Waals surface area contributed by atoms with Crippen molar-refractivity contribution < 1.29 is 0 Å². The first-order chi connectivity index (χ1) is 6.72. The van der Waals surface area contributed by atoms with Crippen LogP contribution in [0.3, 0.4) is 0 Å². The third-order valence-electron chi connectivity index (χ3n) is 3.39. The lowest BCUT2D eigenvalue weighted by atomic mass is 9.77. The second kappa shape index (κ2) is 5.38. The number of hydrogen-bond acceptors (Lipinski definition) is 2. The first kappa shape index (κ1) is 11.6. The average Bonchev–Trinajstić information content (AvgIpc) is 2.22. The predicted octanol–water partition coefficient (Wildman–Crippen LogP) is 1.51. The summed E-state index contributed by atoms with van der Waals surface area (Å²) in [7, 11) is 0. The first-order valence-corrected chi connectivity index (χ1v) is 5.61. The van der Waals surface area contributed by atoms with Crippen LogP contribution in [0.4, 0.5) is 0 Å². The number of nitrogens with two attached hydrogens (primary N) is 1. The molecule has 2 nitrogen and oxygen atoms in total. The zero-order valence-corrected chi connectivity index (χ0v) is 9.18. The highest BCUT2D eigenvalue weighted by atomic mass is 15.0. The van der Waals surface area contributed by atoms with Crippen molar-refractivity contribution in [3.8, 4) is 12.3 Å². The standard InChI is InChI=1S/C12H22N2/c1-3-4-9-14-12(10-13)7-5-11(2)6-8-12/h1,11,14H,4-10,13H2,2H3. The maximum atomic E-state index is 5.85. The molecule has 0 aromatic carbocycles. The Balaban J connectivity index is 2.38. The van der Waals surface area contributed by atoms with Crippen molar-refractivity contribution in [3.05, 3.63) is 0 Å². The van der Waals surface area contributed by atoms with Gasteiger partial charge >= 0.3 is 0 Å². The summed E-state index contributed by atoms with van der Waals surface area (Å²) in [5.41, 5.74) is 6.04. The minimum absolute atomic E-state index is 0.184. The third kappa shape index (κ3) is 3.01. The minimum atomic E-state index is 0.184. The van der Waals surface area contributed by atoms with Crippen LogP contribution >= 0.6 is 0 Å². The zero-order valence-electron chi connectivity index (χ0n) is 9.18. The summed E-state index contributed by atoms with van der Waals surface area (Å²) in [5.74, 6) is 3.52. The van der Waals surface area contributed by atoms with Gasteiger partial charge in [-0.15, -0.1) is 12.3 Å². The molecule has 0 amide bonds. The fraction of sp³-hybridized carbons (Fsp3) is 0.833. The van der Waals surface area contributed by atoms with E-state index in [-0.39, 0.29) is 5.54 Å². The van der Waals surface area contributed by atoms with E-state index >= 15 is 0 Å². The fourth-order valence-electron chi connectivity index (χ4n) is 2.17. The molecule has 1 rings (SSSR count). The molecule has 0 radical (unpaired) electrons. The monoisotopic (exact) mass is 194 g/mol. The molecule has 0 bridgehead atoms. The van der Waals surface area contributed by atoms with Crippen molar-refractivity contribution in [1.29, 1.82) is 0 Å². The molecule has 14 heavy (non-hydrogen) atoms. The second-order valence-electron chi connectivity index (χ2n) is 4.55. The highest BCUT2D eigenvalue weighted by Gasteiger charge is 2.31. The van der Waals surface area contributed by atoms with Crippen molar-refractivity contribution in [2.75, 3.05) is 13.1 Å². The SMILES string of the molecule is C#CCCNC1(CN)CCC(C)CC1. The molecule has 0 unspecified atom stereocenters. The van der Waals surface area contributed by atoms with Gasteiger partial charge in [0, 0.05) is 25.0 Å². The van der Waals surface area contributed by atoms with Gasteiger partial charge in [0.25, 0.3) is 0 Å². The van der Waals surface area contributed by atoms with Gasteiger partial charge in [0.2, 0.25) is 0 Å². The van der Waals surface area contributed by atoms with Crippen molar-refractivity contribution in [1.82, 2.24) is 5.32 Å². The minimum Gasteiger partial charge on any atom is -0.329 e. The molecule has 2 heteroatoms. The molecule has 0 heterocycles. The van der Waals surface area contributed by atoms with Gasteiger partial charge in [0.05, 0.1) is 0 Å². The summed E-state index contributed by atoms with van der Waals surface area (Å²) in [6, 6.07) is 0. The Morgan fingerprint density at radius 3 is 2.64 bits per heavy atom. The third-order valence-corrected chi connectivity index (χ3v) is 3.39. The molecule has 1 aliphatic carbocycles. The highest BCUT2D eigenvalue weighted by molar-refractivity contribution is 4.94. The molecule has 1 aliphatic rings. The van der Waals surface area contributed by atoms with E-state index in [1.165, 1.54) is 25.7 Å². The molecule has 1 fully saturated rings. The summed E-state index contributed by atoms with van der Waals surface area (Å²) in [5, 5.41) is 3.54. The lowest BCUT2D eigenvalue weighted by Gasteiger charge is -2.39. The Morgan fingerprint density at radius 2 is 2.14 bits per heavy atom. The second-order valence-corrected chi connectivity index (χ2v) is 4.55. The lowest BCUT2D eigenvalue weighted by Crippen LogP contribution is -2.53. The van der Waals surface area contributed by atoms with E-state index in [4.69, 9.17) is 12.2 Å². The molecule has 1 saturated carbocycles. The first-order valence-electron chi connectivity index (χ1n) is 5.61. The summed E-state index contributed by atoms with van der Waals surface area (Å²) in [6.07, 6.45) is 11.0. The maximum absolute atomic E-state index is 5.85. The number of hydrogen-bond donors (Lipinski definition) is 2. The van der Waals surface area contributed by atoms with E-state index in [0.717, 1.165) is 25.4 Å². The Morgan fingerprint density at radius 1 is 1.50 bits per heavy atom. The predicted molar refractivity (Wildman–Crippen MR) is 60.9 cm³/mol. The van der Waals surface area contributed by atoms with Crippen LogP contribution in [0.1, 0.15) is 39.0 Å². The Hall–Kier alpha value is -0.520. The van der Waals surface area contributed by atoms with Gasteiger partial charge in [0.15, 0.2) is 0 Å². The van der Waals surface area contributed by atoms with E-state index in [0.29, 0.717) is 0 Å². The fourth-order valence-corrected chi connectivity index (χ4v) is 2.17. The molecule has 0 saturated heterocycles. The van der Waals surface area contributed by atoms with Crippen LogP contribution in [0.15, 0.2) is 0 Å². The van der Waals surface area contributed by atoms with Gasteiger partial charge < -0.3 is 11.1 Å². The lowest BCUT2D eigenvalue weighted by molar-refractivity contribution is 0.203. The molecule has 0 aliphatic heterocycles. The van der Waals surface area contributed by atoms with Gasteiger partial charge in [-0.05, 0) is 31.6 Å². The van der Waals surface area contributed by atoms with Crippen LogP contribution in [-0.2, 0) is 0 Å². The van der Waals surface area contributed by atoms with Crippen molar-refractivity contribution in [3.63, 3.8) is 0 Å². The Kier molecular flexibility index (Phi) is 4.44.